The van der Waals surface area contributed by atoms with Crippen LogP contribution in [0.5, 0.6) is 0 Å². The van der Waals surface area contributed by atoms with Crippen molar-refractivity contribution >= 4 is 46.7 Å². The minimum atomic E-state index is -1.86. The fourth-order valence-electron chi connectivity index (χ4n) is 0.862. The third-order valence-corrected chi connectivity index (χ3v) is 2.10. The lowest BCUT2D eigenvalue weighted by Gasteiger charge is -2.17. The van der Waals surface area contributed by atoms with Gasteiger partial charge in [-0.05, 0) is 13.8 Å². The van der Waals surface area contributed by atoms with Gasteiger partial charge in [0.15, 0.2) is 0 Å². The Labute approximate surface area is 115 Å². The molecule has 0 radical (unpaired) electrons. The molecule has 0 aromatic carbocycles. The Kier molecular flexibility index (Phi) is 7.59. The lowest BCUT2D eigenvalue weighted by atomic mass is 10.2. The van der Waals surface area contributed by atoms with Crippen molar-refractivity contribution in [2.45, 2.75) is 30.2 Å². The maximum Gasteiger partial charge on any atom is 0.330 e. The van der Waals surface area contributed by atoms with Gasteiger partial charge in [-0.1, -0.05) is 40.9 Å². The average Bonchev–Trinajstić information content (AvgIpc) is 2.16. The van der Waals surface area contributed by atoms with E-state index in [0.717, 1.165) is 0 Å². The van der Waals surface area contributed by atoms with Crippen LogP contribution in [0.2, 0.25) is 0 Å². The first kappa shape index (κ1) is 16.6. The molecule has 0 unspecified atom stereocenters. The zero-order valence-electron chi connectivity index (χ0n) is 9.50. The van der Waals surface area contributed by atoms with E-state index in [9.17, 15) is 4.79 Å². The molecule has 0 aliphatic rings. The number of ether oxygens (including phenoxy) is 2. The largest absolute Gasteiger partial charge is 0.475 e. The Morgan fingerprint density at radius 2 is 2.06 bits per heavy atom. The van der Waals surface area contributed by atoms with Gasteiger partial charge in [-0.15, -0.1) is 0 Å². The van der Waals surface area contributed by atoms with Crippen molar-refractivity contribution < 1.29 is 14.3 Å². The molecule has 0 spiro atoms. The summed E-state index contributed by atoms with van der Waals surface area (Å²) >= 11 is 16.3. The van der Waals surface area contributed by atoms with E-state index in [1.807, 2.05) is 0 Å². The zero-order chi connectivity index (χ0) is 13.5. The first-order chi connectivity index (χ1) is 7.77. The number of hydrogen-bond acceptors (Lipinski definition) is 4. The molecule has 1 atom stereocenters. The maximum absolute atomic E-state index is 11.0. The van der Waals surface area contributed by atoms with Crippen LogP contribution in [0.3, 0.4) is 0 Å². The van der Waals surface area contributed by atoms with Crippen molar-refractivity contribution in [3.63, 3.8) is 0 Å². The number of carbonyl (C=O) groups excluding carboxylic acids is 1. The minimum absolute atomic E-state index is 0.327. The normalized spacial score (nSPS) is 13.5. The van der Waals surface area contributed by atoms with Gasteiger partial charge in [0.1, 0.15) is 6.10 Å². The number of esters is 1. The monoisotopic (exact) mass is 301 g/mol. The molecule has 98 valence electrons. The van der Waals surface area contributed by atoms with E-state index in [0.29, 0.717) is 13.0 Å². The van der Waals surface area contributed by atoms with Crippen LogP contribution in [0.25, 0.3) is 0 Å². The van der Waals surface area contributed by atoms with E-state index in [1.54, 1.807) is 19.9 Å². The minimum Gasteiger partial charge on any atom is -0.475 e. The molecule has 0 saturated carbocycles. The van der Waals surface area contributed by atoms with Crippen molar-refractivity contribution in [3.05, 3.63) is 12.2 Å². The van der Waals surface area contributed by atoms with Crippen LogP contribution in [0.4, 0.5) is 0 Å². The van der Waals surface area contributed by atoms with Crippen LogP contribution in [0, 0.1) is 5.41 Å². The molecule has 0 heterocycles. The molecule has 0 fully saturated rings. The van der Waals surface area contributed by atoms with E-state index in [2.05, 4.69) is 4.74 Å². The summed E-state index contributed by atoms with van der Waals surface area (Å²) in [6.45, 7) is 3.74. The molecular weight excluding hydrogens is 288 g/mol. The number of nitrogens with one attached hydrogen (secondary N) is 1. The Morgan fingerprint density at radius 3 is 2.53 bits per heavy atom. The van der Waals surface area contributed by atoms with Gasteiger partial charge >= 0.3 is 5.97 Å². The molecule has 17 heavy (non-hydrogen) atoms. The Morgan fingerprint density at radius 1 is 1.47 bits per heavy atom. The van der Waals surface area contributed by atoms with Gasteiger partial charge in [0.2, 0.25) is 5.90 Å². The molecule has 0 aromatic heterocycles. The van der Waals surface area contributed by atoms with Crippen molar-refractivity contribution in [1.29, 1.82) is 5.41 Å². The smallest absolute Gasteiger partial charge is 0.330 e. The van der Waals surface area contributed by atoms with Crippen LogP contribution >= 0.6 is 34.8 Å². The third-order valence-electron chi connectivity index (χ3n) is 1.59. The number of halogens is 3. The summed E-state index contributed by atoms with van der Waals surface area (Å²) in [4.78, 5) is 11.0. The van der Waals surface area contributed by atoms with Crippen molar-refractivity contribution in [2.24, 2.45) is 0 Å². The van der Waals surface area contributed by atoms with E-state index in [1.165, 1.54) is 6.08 Å². The second-order valence-corrected chi connectivity index (χ2v) is 5.43. The molecule has 1 N–H and O–H groups in total. The molecule has 0 aliphatic carbocycles. The summed E-state index contributed by atoms with van der Waals surface area (Å²) in [6.07, 6.45) is 2.90. The average molecular weight is 303 g/mol. The summed E-state index contributed by atoms with van der Waals surface area (Å²) in [5, 5.41) is 7.32. The van der Waals surface area contributed by atoms with Crippen LogP contribution < -0.4 is 0 Å². The van der Waals surface area contributed by atoms with E-state index >= 15 is 0 Å². The summed E-state index contributed by atoms with van der Waals surface area (Å²) < 4.78 is 7.87. The summed E-state index contributed by atoms with van der Waals surface area (Å²) in [5.41, 5.74) is 0. The van der Waals surface area contributed by atoms with E-state index < -0.39 is 15.7 Å². The molecular formula is C10H14Cl3NO3. The van der Waals surface area contributed by atoms with Gasteiger partial charge in [-0.3, -0.25) is 5.41 Å². The summed E-state index contributed by atoms with van der Waals surface area (Å²) in [6, 6.07) is 0. The number of alkyl halides is 3. The second kappa shape index (κ2) is 7.80. The van der Waals surface area contributed by atoms with Crippen LogP contribution in [0.15, 0.2) is 12.2 Å². The molecule has 0 rings (SSSR count). The van der Waals surface area contributed by atoms with Crippen LogP contribution in [-0.4, -0.2) is 28.4 Å². The predicted molar refractivity (Wildman–Crippen MR) is 69.0 cm³/mol. The van der Waals surface area contributed by atoms with Crippen molar-refractivity contribution in [1.82, 2.24) is 0 Å². The third kappa shape index (κ3) is 8.30. The lowest BCUT2D eigenvalue weighted by molar-refractivity contribution is -0.137. The fraction of sp³-hybridized carbons (Fsp3) is 0.600. The van der Waals surface area contributed by atoms with Gasteiger partial charge in [0, 0.05) is 12.5 Å². The van der Waals surface area contributed by atoms with Crippen LogP contribution in [0.1, 0.15) is 20.3 Å². The van der Waals surface area contributed by atoms with Gasteiger partial charge in [-0.25, -0.2) is 4.79 Å². The second-order valence-electron chi connectivity index (χ2n) is 3.15. The molecule has 0 aliphatic heterocycles. The van der Waals surface area contributed by atoms with Crippen molar-refractivity contribution in [3.8, 4) is 0 Å². The maximum atomic E-state index is 11.0. The van der Waals surface area contributed by atoms with E-state index in [4.69, 9.17) is 44.9 Å². The summed E-state index contributed by atoms with van der Waals surface area (Å²) in [5.74, 6) is -0.865. The van der Waals surface area contributed by atoms with Crippen molar-refractivity contribution in [2.75, 3.05) is 6.61 Å². The molecule has 0 aromatic rings. The predicted octanol–water partition coefficient (Wildman–Crippen LogP) is 3.25. The Hall–Kier alpha value is -0.450. The number of rotatable bonds is 5. The highest BCUT2D eigenvalue weighted by molar-refractivity contribution is 6.76. The highest BCUT2D eigenvalue weighted by Gasteiger charge is 2.29. The summed E-state index contributed by atoms with van der Waals surface area (Å²) in [7, 11) is 0. The van der Waals surface area contributed by atoms with E-state index in [-0.39, 0.29) is 6.10 Å². The molecule has 0 bridgehead atoms. The van der Waals surface area contributed by atoms with Crippen LogP contribution in [-0.2, 0) is 14.3 Å². The molecule has 7 heteroatoms. The lowest BCUT2D eigenvalue weighted by Crippen LogP contribution is -2.25. The van der Waals surface area contributed by atoms with Gasteiger partial charge in [0.05, 0.1) is 6.61 Å². The topological polar surface area (TPSA) is 59.4 Å². The molecule has 0 saturated heterocycles. The first-order valence-electron chi connectivity index (χ1n) is 4.93. The van der Waals surface area contributed by atoms with Gasteiger partial charge in [0.25, 0.3) is 3.79 Å². The Bertz CT molecular complexity index is 300. The fourth-order valence-corrected chi connectivity index (χ4v) is 0.996. The standard InChI is InChI=1S/C10H14Cl3NO3/c1-3-16-8(15)6-4-5-7(2)17-9(14)10(11,12)13/h4,6-7,14H,3,5H2,1-2H3/b6-4+,14-9?/t7-/m1/s1. The number of hydrogen-bond donors (Lipinski definition) is 1. The molecule has 4 nitrogen and oxygen atoms in total. The SMILES string of the molecule is CCOC(=O)/C=C/C[C@@H](C)OC(=N)C(Cl)(Cl)Cl. The Balaban J connectivity index is 4.00. The highest BCUT2D eigenvalue weighted by atomic mass is 35.6. The highest BCUT2D eigenvalue weighted by Crippen LogP contribution is 2.28. The number of carbonyl (C=O) groups is 1. The molecule has 0 amide bonds. The first-order valence-corrected chi connectivity index (χ1v) is 6.06. The quantitative estimate of drug-likeness (QED) is 0.279. The zero-order valence-corrected chi connectivity index (χ0v) is 11.8. The van der Waals surface area contributed by atoms with Gasteiger partial charge < -0.3 is 9.47 Å². The van der Waals surface area contributed by atoms with Gasteiger partial charge in [-0.2, -0.15) is 0 Å².